The Morgan fingerprint density at radius 3 is 2.69 bits per heavy atom. The molecule has 1 unspecified atom stereocenters. The van der Waals surface area contributed by atoms with Crippen LogP contribution >= 0.6 is 0 Å². The first-order valence-electron chi connectivity index (χ1n) is 11.4. The van der Waals surface area contributed by atoms with Crippen molar-refractivity contribution >= 4 is 28.3 Å². The van der Waals surface area contributed by atoms with Gasteiger partial charge in [-0.15, -0.1) is 0 Å². The predicted octanol–water partition coefficient (Wildman–Crippen LogP) is 4.92. The third-order valence-electron chi connectivity index (χ3n) is 6.11. The fourth-order valence-electron chi connectivity index (χ4n) is 4.19. The van der Waals surface area contributed by atoms with Crippen molar-refractivity contribution in [1.29, 1.82) is 5.41 Å². The fraction of sp³-hybridized carbons (Fsp3) is 0.385. The molecule has 1 aromatic heterocycles. The van der Waals surface area contributed by atoms with E-state index >= 15 is 0 Å². The number of hydrogen-bond donors (Lipinski definition) is 4. The zero-order valence-electron chi connectivity index (χ0n) is 19.2. The summed E-state index contributed by atoms with van der Waals surface area (Å²) in [6.07, 6.45) is 4.31. The van der Waals surface area contributed by atoms with Crippen LogP contribution in [0.25, 0.3) is 10.9 Å². The fourth-order valence-corrected chi connectivity index (χ4v) is 4.19. The molecule has 6 nitrogen and oxygen atoms in total. The Kier molecular flexibility index (Phi) is 6.61. The maximum Gasteiger partial charge on any atom is 0.268 e. The number of aromatic amines is 1. The molecule has 0 bridgehead atoms. The summed E-state index contributed by atoms with van der Waals surface area (Å²) in [6, 6.07) is 15.7. The van der Waals surface area contributed by atoms with Crippen molar-refractivity contribution in [2.75, 3.05) is 19.4 Å². The Bertz CT molecular complexity index is 1110. The molecule has 4 rings (SSSR count). The van der Waals surface area contributed by atoms with Gasteiger partial charge in [0.15, 0.2) is 0 Å². The SMILES string of the molecule is Cc1c(C(=O)NC(CCC2CC2)C(=N)Nc2cccc(CN(C)C)c2)[nH]c2ccccc12. The van der Waals surface area contributed by atoms with E-state index in [1.807, 2.05) is 57.4 Å². The van der Waals surface area contributed by atoms with Crippen LogP contribution in [0.3, 0.4) is 0 Å². The van der Waals surface area contributed by atoms with Gasteiger partial charge in [0.05, 0.1) is 6.04 Å². The minimum atomic E-state index is -0.355. The lowest BCUT2D eigenvalue weighted by Gasteiger charge is -2.21. The topological polar surface area (TPSA) is 84.0 Å². The molecular weight excluding hydrogens is 398 g/mol. The number of nitrogens with one attached hydrogen (secondary N) is 4. The molecule has 1 heterocycles. The van der Waals surface area contributed by atoms with E-state index < -0.39 is 0 Å². The van der Waals surface area contributed by atoms with Crippen LogP contribution in [0, 0.1) is 18.3 Å². The van der Waals surface area contributed by atoms with E-state index in [4.69, 9.17) is 5.41 Å². The van der Waals surface area contributed by atoms with Gasteiger partial charge in [-0.2, -0.15) is 0 Å². The number of aromatic nitrogens is 1. The molecule has 1 saturated carbocycles. The molecule has 1 aliphatic rings. The van der Waals surface area contributed by atoms with Crippen LogP contribution in [0.2, 0.25) is 0 Å². The number of fused-ring (bicyclic) bond motifs is 1. The number of H-pyrrole nitrogens is 1. The molecule has 6 heteroatoms. The highest BCUT2D eigenvalue weighted by molar-refractivity contribution is 6.04. The molecule has 32 heavy (non-hydrogen) atoms. The maximum absolute atomic E-state index is 13.2. The van der Waals surface area contributed by atoms with Gasteiger partial charge in [-0.1, -0.05) is 43.2 Å². The van der Waals surface area contributed by atoms with Crippen molar-refractivity contribution in [2.24, 2.45) is 5.92 Å². The van der Waals surface area contributed by atoms with Crippen molar-refractivity contribution in [3.63, 3.8) is 0 Å². The van der Waals surface area contributed by atoms with Crippen LogP contribution in [-0.4, -0.2) is 41.8 Å². The lowest BCUT2D eigenvalue weighted by atomic mass is 10.1. The quantitative estimate of drug-likeness (QED) is 0.287. The summed E-state index contributed by atoms with van der Waals surface area (Å²) < 4.78 is 0. The van der Waals surface area contributed by atoms with Gasteiger partial charge in [0.1, 0.15) is 11.5 Å². The molecule has 1 aliphatic carbocycles. The summed E-state index contributed by atoms with van der Waals surface area (Å²) in [6.45, 7) is 2.80. The molecule has 0 aliphatic heterocycles. The summed E-state index contributed by atoms with van der Waals surface area (Å²) >= 11 is 0. The summed E-state index contributed by atoms with van der Waals surface area (Å²) in [5.41, 5.74) is 4.52. The standard InChI is InChI=1S/C26H33N5O/c1-17-21-9-4-5-10-22(21)29-24(17)26(32)30-23(14-13-18-11-12-18)25(27)28-20-8-6-7-19(15-20)16-31(2)3/h4-10,15,18,23,29H,11-14,16H2,1-3H3,(H2,27,28)(H,30,32). The summed E-state index contributed by atoms with van der Waals surface area (Å²) in [5.74, 6) is 0.905. The summed E-state index contributed by atoms with van der Waals surface area (Å²) in [4.78, 5) is 18.5. The molecule has 4 N–H and O–H groups in total. The van der Waals surface area contributed by atoms with Crippen LogP contribution in [0.15, 0.2) is 48.5 Å². The van der Waals surface area contributed by atoms with E-state index in [0.717, 1.165) is 47.5 Å². The van der Waals surface area contributed by atoms with E-state index in [9.17, 15) is 4.79 Å². The number of para-hydroxylation sites is 1. The Labute approximate surface area is 189 Å². The van der Waals surface area contributed by atoms with Gasteiger partial charge in [-0.3, -0.25) is 10.2 Å². The number of nitrogens with zero attached hydrogens (tertiary/aromatic N) is 1. The second-order valence-electron chi connectivity index (χ2n) is 9.19. The number of benzene rings is 2. The average Bonchev–Trinajstić information content (AvgIpc) is 3.53. The largest absolute Gasteiger partial charge is 0.350 e. The minimum Gasteiger partial charge on any atom is -0.350 e. The van der Waals surface area contributed by atoms with Crippen LogP contribution < -0.4 is 10.6 Å². The number of hydrogen-bond acceptors (Lipinski definition) is 3. The predicted molar refractivity (Wildman–Crippen MR) is 131 cm³/mol. The number of aryl methyl sites for hydroxylation is 1. The number of carbonyl (C=O) groups excluding carboxylic acids is 1. The van der Waals surface area contributed by atoms with E-state index in [2.05, 4.69) is 32.7 Å². The lowest BCUT2D eigenvalue weighted by molar-refractivity contribution is 0.0940. The number of carbonyl (C=O) groups is 1. The Balaban J connectivity index is 1.49. The minimum absolute atomic E-state index is 0.160. The monoisotopic (exact) mass is 431 g/mol. The highest BCUT2D eigenvalue weighted by Crippen LogP contribution is 2.34. The maximum atomic E-state index is 13.2. The molecule has 1 fully saturated rings. The van der Waals surface area contributed by atoms with E-state index in [-0.39, 0.29) is 11.9 Å². The molecule has 3 aromatic rings. The van der Waals surface area contributed by atoms with Gasteiger partial charge in [-0.25, -0.2) is 0 Å². The second-order valence-corrected chi connectivity index (χ2v) is 9.19. The molecular formula is C26H33N5O. The van der Waals surface area contributed by atoms with E-state index in [1.54, 1.807) is 0 Å². The van der Waals surface area contributed by atoms with Crippen LogP contribution in [0.1, 0.15) is 47.3 Å². The Morgan fingerprint density at radius 2 is 1.97 bits per heavy atom. The Morgan fingerprint density at radius 1 is 1.19 bits per heavy atom. The first-order valence-corrected chi connectivity index (χ1v) is 11.4. The third-order valence-corrected chi connectivity index (χ3v) is 6.11. The number of rotatable bonds is 9. The van der Waals surface area contributed by atoms with Crippen molar-refractivity contribution < 1.29 is 4.79 Å². The van der Waals surface area contributed by atoms with Gasteiger partial charge in [0, 0.05) is 23.1 Å². The number of anilines is 1. The molecule has 0 spiro atoms. The van der Waals surface area contributed by atoms with Gasteiger partial charge < -0.3 is 20.5 Å². The zero-order chi connectivity index (χ0) is 22.7. The van der Waals surface area contributed by atoms with E-state index in [1.165, 1.54) is 18.4 Å². The summed E-state index contributed by atoms with van der Waals surface area (Å²) in [5, 5.41) is 16.1. The molecule has 0 saturated heterocycles. The van der Waals surface area contributed by atoms with Crippen LogP contribution in [0.5, 0.6) is 0 Å². The first-order chi connectivity index (χ1) is 15.4. The molecule has 168 valence electrons. The van der Waals surface area contributed by atoms with Crippen molar-refractivity contribution in [2.45, 2.75) is 45.2 Å². The summed E-state index contributed by atoms with van der Waals surface area (Å²) in [7, 11) is 4.08. The van der Waals surface area contributed by atoms with Crippen molar-refractivity contribution in [3.8, 4) is 0 Å². The lowest BCUT2D eigenvalue weighted by Crippen LogP contribution is -2.43. The average molecular weight is 432 g/mol. The van der Waals surface area contributed by atoms with Gasteiger partial charge >= 0.3 is 0 Å². The Hall–Kier alpha value is -3.12. The van der Waals surface area contributed by atoms with Crippen LogP contribution in [0.4, 0.5) is 5.69 Å². The van der Waals surface area contributed by atoms with Crippen molar-refractivity contribution in [1.82, 2.24) is 15.2 Å². The smallest absolute Gasteiger partial charge is 0.268 e. The molecule has 1 atom stereocenters. The van der Waals surface area contributed by atoms with Crippen molar-refractivity contribution in [3.05, 3.63) is 65.4 Å². The number of amidine groups is 1. The highest BCUT2D eigenvalue weighted by Gasteiger charge is 2.26. The van der Waals surface area contributed by atoms with Gasteiger partial charge in [0.25, 0.3) is 5.91 Å². The molecule has 2 aromatic carbocycles. The van der Waals surface area contributed by atoms with Gasteiger partial charge in [-0.05, 0) is 69.1 Å². The van der Waals surface area contributed by atoms with Gasteiger partial charge in [0.2, 0.25) is 0 Å². The van der Waals surface area contributed by atoms with E-state index in [0.29, 0.717) is 11.5 Å². The molecule has 1 amide bonds. The first kappa shape index (κ1) is 22.1. The van der Waals surface area contributed by atoms with Crippen LogP contribution in [-0.2, 0) is 6.54 Å². The normalized spacial score (nSPS) is 14.5. The zero-order valence-corrected chi connectivity index (χ0v) is 19.2. The second kappa shape index (κ2) is 9.57. The number of amides is 1. The highest BCUT2D eigenvalue weighted by atomic mass is 16.2. The molecule has 0 radical (unpaired) electrons. The third kappa shape index (κ3) is 5.37.